The van der Waals surface area contributed by atoms with Gasteiger partial charge in [0.25, 0.3) is 10.0 Å². The molecule has 2 aromatic rings. The SMILES string of the molecule is CCCCN(C)c1ncc(NS(=O)(=O)c2ccc(OCC)cc2)cc1C(=O)O. The van der Waals surface area contributed by atoms with Crippen molar-refractivity contribution in [2.75, 3.05) is 29.8 Å². The number of carbonyl (C=O) groups is 1. The van der Waals surface area contributed by atoms with Gasteiger partial charge in [0, 0.05) is 13.6 Å². The molecule has 0 unspecified atom stereocenters. The number of rotatable bonds is 10. The van der Waals surface area contributed by atoms with Crippen molar-refractivity contribution in [1.29, 1.82) is 0 Å². The summed E-state index contributed by atoms with van der Waals surface area (Å²) >= 11 is 0. The van der Waals surface area contributed by atoms with Crippen molar-refractivity contribution in [3.63, 3.8) is 0 Å². The van der Waals surface area contributed by atoms with E-state index in [1.54, 1.807) is 24.1 Å². The van der Waals surface area contributed by atoms with Crippen LogP contribution in [0.4, 0.5) is 11.5 Å². The van der Waals surface area contributed by atoms with Crippen LogP contribution in [-0.4, -0.2) is 44.7 Å². The van der Waals surface area contributed by atoms with E-state index in [1.165, 1.54) is 24.4 Å². The van der Waals surface area contributed by atoms with Crippen LogP contribution in [0.2, 0.25) is 0 Å². The van der Waals surface area contributed by atoms with Crippen molar-refractivity contribution in [2.45, 2.75) is 31.6 Å². The Balaban J connectivity index is 2.27. The molecule has 1 heterocycles. The molecule has 0 aliphatic heterocycles. The number of nitrogens with zero attached hydrogens (tertiary/aromatic N) is 2. The summed E-state index contributed by atoms with van der Waals surface area (Å²) in [7, 11) is -2.13. The predicted molar refractivity (Wildman–Crippen MR) is 108 cm³/mol. The van der Waals surface area contributed by atoms with Gasteiger partial charge in [0.05, 0.1) is 23.4 Å². The quantitative estimate of drug-likeness (QED) is 0.622. The minimum Gasteiger partial charge on any atom is -0.494 e. The molecule has 0 aliphatic carbocycles. The number of carboxylic acids is 1. The van der Waals surface area contributed by atoms with Crippen molar-refractivity contribution >= 4 is 27.5 Å². The number of unbranched alkanes of at least 4 members (excludes halogenated alkanes) is 1. The number of aromatic nitrogens is 1. The van der Waals surface area contributed by atoms with Crippen LogP contribution in [0.15, 0.2) is 41.4 Å². The molecule has 0 spiro atoms. The first-order valence-electron chi connectivity index (χ1n) is 8.98. The van der Waals surface area contributed by atoms with Gasteiger partial charge in [0.15, 0.2) is 0 Å². The molecule has 0 bridgehead atoms. The lowest BCUT2D eigenvalue weighted by atomic mass is 10.2. The summed E-state index contributed by atoms with van der Waals surface area (Å²) in [6, 6.07) is 7.24. The van der Waals surface area contributed by atoms with Crippen LogP contribution in [0.25, 0.3) is 0 Å². The number of hydrogen-bond donors (Lipinski definition) is 2. The Bertz CT molecular complexity index is 914. The smallest absolute Gasteiger partial charge is 0.339 e. The number of benzene rings is 1. The molecule has 1 aromatic heterocycles. The van der Waals surface area contributed by atoms with E-state index in [2.05, 4.69) is 9.71 Å². The molecule has 2 rings (SSSR count). The summed E-state index contributed by atoms with van der Waals surface area (Å²) in [4.78, 5) is 17.6. The minimum atomic E-state index is -3.89. The molecule has 0 aliphatic rings. The summed E-state index contributed by atoms with van der Waals surface area (Å²) in [5.74, 6) is -0.311. The zero-order valence-corrected chi connectivity index (χ0v) is 17.0. The van der Waals surface area contributed by atoms with E-state index in [1.807, 2.05) is 13.8 Å². The third-order valence-electron chi connectivity index (χ3n) is 4.00. The van der Waals surface area contributed by atoms with Crippen molar-refractivity contribution in [2.24, 2.45) is 0 Å². The van der Waals surface area contributed by atoms with Crippen molar-refractivity contribution < 1.29 is 23.1 Å². The fourth-order valence-corrected chi connectivity index (χ4v) is 3.61. The molecule has 0 saturated carbocycles. The average Bonchev–Trinajstić information content (AvgIpc) is 2.66. The summed E-state index contributed by atoms with van der Waals surface area (Å²) in [6.45, 7) is 5.01. The number of hydrogen-bond acceptors (Lipinski definition) is 6. The van der Waals surface area contributed by atoms with Crippen LogP contribution >= 0.6 is 0 Å². The molecule has 0 radical (unpaired) electrons. The van der Waals surface area contributed by atoms with Gasteiger partial charge in [0.2, 0.25) is 0 Å². The Morgan fingerprint density at radius 1 is 1.25 bits per heavy atom. The number of pyridine rings is 1. The summed E-state index contributed by atoms with van der Waals surface area (Å²) < 4.78 is 32.8. The molecule has 0 saturated heterocycles. The van der Waals surface area contributed by atoms with Crippen LogP contribution in [0.5, 0.6) is 5.75 Å². The van der Waals surface area contributed by atoms with Gasteiger partial charge in [-0.05, 0) is 43.7 Å². The molecule has 0 atom stereocenters. The van der Waals surface area contributed by atoms with E-state index in [-0.39, 0.29) is 16.1 Å². The molecule has 0 fully saturated rings. The van der Waals surface area contributed by atoms with Crippen molar-refractivity contribution in [3.8, 4) is 5.75 Å². The van der Waals surface area contributed by atoms with E-state index in [9.17, 15) is 18.3 Å². The van der Waals surface area contributed by atoms with Gasteiger partial charge < -0.3 is 14.7 Å². The average molecular weight is 407 g/mol. The molecule has 2 N–H and O–H groups in total. The lowest BCUT2D eigenvalue weighted by Gasteiger charge is -2.20. The maximum atomic E-state index is 12.6. The first-order chi connectivity index (χ1) is 13.3. The summed E-state index contributed by atoms with van der Waals surface area (Å²) in [6.07, 6.45) is 3.17. The second kappa shape index (κ2) is 9.41. The van der Waals surface area contributed by atoms with Crippen LogP contribution in [0, 0.1) is 0 Å². The van der Waals surface area contributed by atoms with Gasteiger partial charge in [-0.1, -0.05) is 13.3 Å². The van der Waals surface area contributed by atoms with E-state index in [4.69, 9.17) is 4.74 Å². The highest BCUT2D eigenvalue weighted by atomic mass is 32.2. The van der Waals surface area contributed by atoms with E-state index < -0.39 is 16.0 Å². The third kappa shape index (κ3) is 5.35. The van der Waals surface area contributed by atoms with Crippen LogP contribution in [-0.2, 0) is 10.0 Å². The Morgan fingerprint density at radius 2 is 1.93 bits per heavy atom. The van der Waals surface area contributed by atoms with Crippen LogP contribution in [0.3, 0.4) is 0 Å². The Hall–Kier alpha value is -2.81. The van der Waals surface area contributed by atoms with Gasteiger partial charge in [-0.25, -0.2) is 18.2 Å². The highest BCUT2D eigenvalue weighted by Crippen LogP contribution is 2.24. The van der Waals surface area contributed by atoms with Gasteiger partial charge in [-0.15, -0.1) is 0 Å². The Labute approximate surface area is 165 Å². The van der Waals surface area contributed by atoms with Gasteiger partial charge in [0.1, 0.15) is 17.1 Å². The largest absolute Gasteiger partial charge is 0.494 e. The molecule has 28 heavy (non-hydrogen) atoms. The normalized spacial score (nSPS) is 11.1. The van der Waals surface area contributed by atoms with Crippen LogP contribution < -0.4 is 14.4 Å². The molecule has 0 amide bonds. The standard InChI is InChI=1S/C19H25N3O5S/c1-4-6-11-22(3)18-17(19(23)24)12-14(13-20-18)21-28(25,26)16-9-7-15(8-10-16)27-5-2/h7-10,12-13,21H,4-6,11H2,1-3H3,(H,23,24). The molecular weight excluding hydrogens is 382 g/mol. The van der Waals surface area contributed by atoms with Crippen molar-refractivity contribution in [3.05, 3.63) is 42.1 Å². The second-order valence-electron chi connectivity index (χ2n) is 6.19. The molecule has 152 valence electrons. The molecule has 9 heteroatoms. The van der Waals surface area contributed by atoms with Crippen molar-refractivity contribution in [1.82, 2.24) is 4.98 Å². The minimum absolute atomic E-state index is 0.0389. The van der Waals surface area contributed by atoms with Gasteiger partial charge in [-0.2, -0.15) is 0 Å². The maximum absolute atomic E-state index is 12.6. The van der Waals surface area contributed by atoms with E-state index >= 15 is 0 Å². The monoisotopic (exact) mass is 407 g/mol. The van der Waals surface area contributed by atoms with Gasteiger partial charge in [-0.3, -0.25) is 4.72 Å². The number of nitrogens with one attached hydrogen (secondary N) is 1. The molecule has 1 aromatic carbocycles. The lowest BCUT2D eigenvalue weighted by molar-refractivity contribution is 0.0697. The predicted octanol–water partition coefficient (Wildman–Crippen LogP) is 3.22. The molecule has 8 nitrogen and oxygen atoms in total. The number of aromatic carboxylic acids is 1. The number of sulfonamides is 1. The second-order valence-corrected chi connectivity index (χ2v) is 7.87. The Kier molecular flexibility index (Phi) is 7.22. The fourth-order valence-electron chi connectivity index (χ4n) is 2.57. The van der Waals surface area contributed by atoms with E-state index in [0.717, 1.165) is 12.8 Å². The maximum Gasteiger partial charge on any atom is 0.339 e. The molecular formula is C19H25N3O5S. The topological polar surface area (TPSA) is 109 Å². The van der Waals surface area contributed by atoms with E-state index in [0.29, 0.717) is 24.7 Å². The summed E-state index contributed by atoms with van der Waals surface area (Å²) in [5, 5.41) is 9.50. The number of anilines is 2. The fraction of sp³-hybridized carbons (Fsp3) is 0.368. The highest BCUT2D eigenvalue weighted by Gasteiger charge is 2.19. The van der Waals surface area contributed by atoms with Crippen LogP contribution in [0.1, 0.15) is 37.0 Å². The zero-order chi connectivity index (χ0) is 20.7. The first kappa shape index (κ1) is 21.5. The first-order valence-corrected chi connectivity index (χ1v) is 10.5. The summed E-state index contributed by atoms with van der Waals surface area (Å²) in [5.41, 5.74) is 0.0180. The van der Waals surface area contributed by atoms with Gasteiger partial charge >= 0.3 is 5.97 Å². The highest BCUT2D eigenvalue weighted by molar-refractivity contribution is 7.92. The number of carboxylic acid groups (broad SMARTS) is 1. The zero-order valence-electron chi connectivity index (χ0n) is 16.2. The number of ether oxygens (including phenoxy) is 1. The third-order valence-corrected chi connectivity index (χ3v) is 5.40. The lowest BCUT2D eigenvalue weighted by Crippen LogP contribution is -2.23. The Morgan fingerprint density at radius 3 is 2.50 bits per heavy atom.